The Morgan fingerprint density at radius 1 is 1.12 bits per heavy atom. The molecule has 1 aliphatic rings. The molecule has 1 aromatic heterocycles. The minimum Gasteiger partial charge on any atom is -0.490 e. The molecule has 6 nitrogen and oxygen atoms in total. The average molecular weight is 483 g/mol. The Labute approximate surface area is 191 Å². The van der Waals surface area contributed by atoms with Gasteiger partial charge in [-0.15, -0.1) is 0 Å². The maximum absolute atomic E-state index is 14.9. The van der Waals surface area contributed by atoms with Gasteiger partial charge in [-0.3, -0.25) is 0 Å². The molecule has 0 bridgehead atoms. The van der Waals surface area contributed by atoms with Crippen molar-refractivity contribution in [2.24, 2.45) is 0 Å². The summed E-state index contributed by atoms with van der Waals surface area (Å²) < 4.78 is 72.4. The number of aromatic nitrogens is 1. The first-order valence-electron chi connectivity index (χ1n) is 10.5. The topological polar surface area (TPSA) is 101 Å². The van der Waals surface area contributed by atoms with Gasteiger partial charge in [0.2, 0.25) is 0 Å². The number of nitrogens with zero attached hydrogens (tertiary/aromatic N) is 1. The molecule has 0 aliphatic heterocycles. The monoisotopic (exact) mass is 483 g/mol. The van der Waals surface area contributed by atoms with E-state index >= 15 is 0 Å². The van der Waals surface area contributed by atoms with E-state index in [2.05, 4.69) is 10.3 Å². The van der Waals surface area contributed by atoms with Crippen LogP contribution < -0.4 is 15.8 Å². The quantitative estimate of drug-likeness (QED) is 0.381. The zero-order chi connectivity index (χ0) is 24.6. The number of nitrogen functional groups attached to an aromatic ring is 1. The molecule has 11 heteroatoms. The second-order valence-corrected chi connectivity index (χ2v) is 8.21. The van der Waals surface area contributed by atoms with E-state index in [-0.39, 0.29) is 35.8 Å². The Bertz CT molecular complexity index is 1200. The predicted octanol–water partition coefficient (Wildman–Crippen LogP) is 3.84. The molecule has 182 valence electrons. The third kappa shape index (κ3) is 4.91. The lowest BCUT2D eigenvalue weighted by molar-refractivity contribution is -0.140. The maximum atomic E-state index is 14.9. The number of hydrogen-bond acceptors (Lipinski definition) is 6. The number of fused-ring (bicyclic) bond motifs is 1. The first-order chi connectivity index (χ1) is 16.1. The number of hydrogen-bond donors (Lipinski definition) is 4. The van der Waals surface area contributed by atoms with Gasteiger partial charge in [0.1, 0.15) is 35.4 Å². The summed E-state index contributed by atoms with van der Waals surface area (Å²) >= 11 is 0. The van der Waals surface area contributed by atoms with Gasteiger partial charge in [-0.1, -0.05) is 0 Å². The van der Waals surface area contributed by atoms with Crippen molar-refractivity contribution in [3.8, 4) is 5.75 Å². The van der Waals surface area contributed by atoms with Crippen molar-refractivity contribution in [3.63, 3.8) is 0 Å². The highest BCUT2D eigenvalue weighted by molar-refractivity contribution is 5.90. The van der Waals surface area contributed by atoms with E-state index in [4.69, 9.17) is 10.5 Å². The normalized spacial score (nSPS) is 19.1. The zero-order valence-corrected chi connectivity index (χ0v) is 17.7. The first kappa shape index (κ1) is 24.1. The van der Waals surface area contributed by atoms with Gasteiger partial charge in [-0.25, -0.2) is 13.8 Å². The van der Waals surface area contributed by atoms with Crippen LogP contribution in [0.5, 0.6) is 5.75 Å². The molecular formula is C23H22F5N3O3. The van der Waals surface area contributed by atoms with Crippen LogP contribution in [0.2, 0.25) is 0 Å². The molecule has 4 rings (SSSR count). The van der Waals surface area contributed by atoms with E-state index < -0.39 is 36.1 Å². The van der Waals surface area contributed by atoms with Gasteiger partial charge in [-0.2, -0.15) is 13.2 Å². The number of halogens is 5. The molecule has 1 saturated carbocycles. The van der Waals surface area contributed by atoms with Gasteiger partial charge in [0.25, 0.3) is 0 Å². The van der Waals surface area contributed by atoms with E-state index in [0.29, 0.717) is 35.2 Å². The Balaban J connectivity index is 1.42. The van der Waals surface area contributed by atoms with E-state index in [1.54, 1.807) is 0 Å². The summed E-state index contributed by atoms with van der Waals surface area (Å²) in [4.78, 5) is 3.99. The smallest absolute Gasteiger partial charge is 0.419 e. The van der Waals surface area contributed by atoms with Gasteiger partial charge in [0.15, 0.2) is 0 Å². The molecule has 5 N–H and O–H groups in total. The van der Waals surface area contributed by atoms with Crippen LogP contribution in [0.1, 0.15) is 35.6 Å². The van der Waals surface area contributed by atoms with Crippen molar-refractivity contribution in [3.05, 3.63) is 64.9 Å². The number of ether oxygens (including phenoxy) is 1. The number of pyridine rings is 1. The molecule has 0 amide bonds. The van der Waals surface area contributed by atoms with E-state index in [9.17, 15) is 32.2 Å². The fraction of sp³-hybridized carbons (Fsp3) is 0.348. The van der Waals surface area contributed by atoms with Crippen LogP contribution >= 0.6 is 0 Å². The second kappa shape index (κ2) is 9.32. The molecule has 0 saturated heterocycles. The number of nitrogens with two attached hydrogens (primary N) is 1. The standard InChI is InChI=1S/C23H22F5N3O3/c24-19-2-1-12(5-18(19)23(26,27)28)34-13-3-11(4-13)30-9-17-14-7-22(29)31-8-16(14)15(6-20(17)25)21(33)10-32/h1-2,5-8,11,13,21,30,32-33H,3-4,9-10H2,(H2,29,31)/t11?,13?,21-/m1/s1. The van der Waals surface area contributed by atoms with Crippen molar-refractivity contribution in [2.75, 3.05) is 12.3 Å². The predicted molar refractivity (Wildman–Crippen MR) is 114 cm³/mol. The Hall–Kier alpha value is -3.02. The highest BCUT2D eigenvalue weighted by atomic mass is 19.4. The molecular weight excluding hydrogens is 461 g/mol. The molecule has 1 heterocycles. The average Bonchev–Trinajstić information content (AvgIpc) is 2.75. The highest BCUT2D eigenvalue weighted by Crippen LogP contribution is 2.35. The number of nitrogens with one attached hydrogen (secondary N) is 1. The molecule has 0 unspecified atom stereocenters. The lowest BCUT2D eigenvalue weighted by Crippen LogP contribution is -2.46. The fourth-order valence-corrected chi connectivity index (χ4v) is 4.00. The van der Waals surface area contributed by atoms with E-state index in [0.717, 1.165) is 18.2 Å². The van der Waals surface area contributed by atoms with Crippen LogP contribution in [0.4, 0.5) is 27.8 Å². The SMILES string of the molecule is Nc1cc2c(CNC3CC(Oc4ccc(F)c(C(F)(F)F)c4)C3)c(F)cc([C@H](O)CO)c2cn1. The molecule has 0 spiro atoms. The van der Waals surface area contributed by atoms with Crippen molar-refractivity contribution < 1.29 is 36.9 Å². The third-order valence-corrected chi connectivity index (χ3v) is 5.87. The minimum atomic E-state index is -4.82. The lowest BCUT2D eigenvalue weighted by Gasteiger charge is -2.36. The van der Waals surface area contributed by atoms with Crippen molar-refractivity contribution in [1.82, 2.24) is 10.3 Å². The van der Waals surface area contributed by atoms with Crippen LogP contribution in [-0.4, -0.2) is 33.9 Å². The fourth-order valence-electron chi connectivity index (χ4n) is 4.00. The molecule has 34 heavy (non-hydrogen) atoms. The number of aliphatic hydroxyl groups is 2. The summed E-state index contributed by atoms with van der Waals surface area (Å²) in [5, 5.41) is 23.4. The van der Waals surface area contributed by atoms with Crippen LogP contribution in [0.15, 0.2) is 36.5 Å². The van der Waals surface area contributed by atoms with Crippen molar-refractivity contribution in [1.29, 1.82) is 0 Å². The van der Waals surface area contributed by atoms with E-state index in [1.165, 1.54) is 12.3 Å². The van der Waals surface area contributed by atoms with Crippen molar-refractivity contribution in [2.45, 2.75) is 43.8 Å². The zero-order valence-electron chi connectivity index (χ0n) is 17.7. The minimum absolute atomic E-state index is 0.0739. The van der Waals surface area contributed by atoms with Crippen LogP contribution in [-0.2, 0) is 12.7 Å². The summed E-state index contributed by atoms with van der Waals surface area (Å²) in [6.45, 7) is -0.466. The number of rotatable bonds is 7. The van der Waals surface area contributed by atoms with Gasteiger partial charge in [0, 0.05) is 29.7 Å². The van der Waals surface area contributed by atoms with Crippen molar-refractivity contribution >= 4 is 16.6 Å². The molecule has 1 fully saturated rings. The molecule has 3 aromatic rings. The molecule has 0 radical (unpaired) electrons. The first-order valence-corrected chi connectivity index (χ1v) is 10.5. The summed E-state index contributed by atoms with van der Waals surface area (Å²) in [5.41, 5.74) is 4.87. The second-order valence-electron chi connectivity index (χ2n) is 8.21. The Morgan fingerprint density at radius 2 is 1.85 bits per heavy atom. The lowest BCUT2D eigenvalue weighted by atomic mass is 9.88. The summed E-state index contributed by atoms with van der Waals surface area (Å²) in [5.74, 6) is -1.87. The molecule has 1 aliphatic carbocycles. The van der Waals surface area contributed by atoms with Gasteiger partial charge in [-0.05, 0) is 54.1 Å². The third-order valence-electron chi connectivity index (χ3n) is 5.87. The number of benzene rings is 2. The Kier molecular flexibility index (Phi) is 6.61. The summed E-state index contributed by atoms with van der Waals surface area (Å²) in [6.07, 6.45) is -4.13. The number of aliphatic hydroxyl groups excluding tert-OH is 2. The Morgan fingerprint density at radius 3 is 2.53 bits per heavy atom. The van der Waals surface area contributed by atoms with Gasteiger partial charge < -0.3 is 26.0 Å². The molecule has 1 atom stereocenters. The number of alkyl halides is 3. The molecule has 2 aromatic carbocycles. The summed E-state index contributed by atoms with van der Waals surface area (Å²) in [6, 6.07) is 5.06. The number of anilines is 1. The highest BCUT2D eigenvalue weighted by Gasteiger charge is 2.36. The van der Waals surface area contributed by atoms with Crippen LogP contribution in [0, 0.1) is 11.6 Å². The van der Waals surface area contributed by atoms with Crippen LogP contribution in [0.3, 0.4) is 0 Å². The largest absolute Gasteiger partial charge is 0.490 e. The van der Waals surface area contributed by atoms with Gasteiger partial charge >= 0.3 is 6.18 Å². The van der Waals surface area contributed by atoms with Gasteiger partial charge in [0.05, 0.1) is 12.2 Å². The van der Waals surface area contributed by atoms with E-state index in [1.807, 2.05) is 0 Å². The summed E-state index contributed by atoms with van der Waals surface area (Å²) in [7, 11) is 0. The maximum Gasteiger partial charge on any atom is 0.419 e. The van der Waals surface area contributed by atoms with Crippen LogP contribution in [0.25, 0.3) is 10.8 Å².